The smallest absolute Gasteiger partial charge is 0.227 e. The summed E-state index contributed by atoms with van der Waals surface area (Å²) in [6.45, 7) is 12.7. The SMILES string of the molecule is CC(C)(C)c1cc(C(=O)C[n+]2csc3ccccc32)cc(C(C)(C)C)c1O. The molecule has 1 heterocycles. The number of hydrogen-bond acceptors (Lipinski definition) is 3. The minimum absolute atomic E-state index is 0.0551. The Labute approximate surface area is 165 Å². The summed E-state index contributed by atoms with van der Waals surface area (Å²) in [4.78, 5) is 13.1. The predicted octanol–water partition coefficient (Wildman–Crippen LogP) is 5.37. The maximum Gasteiger partial charge on any atom is 0.227 e. The molecule has 2 aromatic carbocycles. The van der Waals surface area contributed by atoms with E-state index in [9.17, 15) is 9.90 Å². The van der Waals surface area contributed by atoms with Gasteiger partial charge in [-0.2, -0.15) is 4.57 Å². The van der Waals surface area contributed by atoms with Crippen molar-refractivity contribution >= 4 is 27.3 Å². The molecular formula is C23H28NO2S+. The summed E-state index contributed by atoms with van der Waals surface area (Å²) in [6, 6.07) is 11.8. The molecule has 0 aliphatic rings. The number of nitrogens with zero attached hydrogens (tertiary/aromatic N) is 1. The van der Waals surface area contributed by atoms with Gasteiger partial charge in [0.1, 0.15) is 10.4 Å². The van der Waals surface area contributed by atoms with Crippen molar-refractivity contribution in [1.82, 2.24) is 0 Å². The normalized spacial score (nSPS) is 12.5. The Kier molecular flexibility index (Phi) is 4.89. The van der Waals surface area contributed by atoms with Crippen LogP contribution in [0.5, 0.6) is 5.75 Å². The number of aromatic hydroxyl groups is 1. The molecule has 3 aromatic rings. The zero-order chi connectivity index (χ0) is 20.0. The lowest BCUT2D eigenvalue weighted by atomic mass is 9.78. The van der Waals surface area contributed by atoms with Crippen molar-refractivity contribution in [2.75, 3.05) is 0 Å². The highest BCUT2D eigenvalue weighted by Crippen LogP contribution is 2.39. The van der Waals surface area contributed by atoms with Crippen LogP contribution in [0.3, 0.4) is 0 Å². The molecule has 27 heavy (non-hydrogen) atoms. The Balaban J connectivity index is 2.06. The number of fused-ring (bicyclic) bond motifs is 1. The van der Waals surface area contributed by atoms with Gasteiger partial charge in [0, 0.05) is 22.8 Å². The van der Waals surface area contributed by atoms with Gasteiger partial charge >= 0.3 is 0 Å². The van der Waals surface area contributed by atoms with Crippen LogP contribution in [0.4, 0.5) is 0 Å². The molecule has 1 N–H and O–H groups in total. The first-order valence-corrected chi connectivity index (χ1v) is 10.1. The second kappa shape index (κ2) is 6.75. The van der Waals surface area contributed by atoms with Gasteiger partial charge in [0.25, 0.3) is 0 Å². The summed E-state index contributed by atoms with van der Waals surface area (Å²) in [5.74, 6) is 0.361. The molecule has 3 nitrogen and oxygen atoms in total. The van der Waals surface area contributed by atoms with E-state index in [0.717, 1.165) is 16.6 Å². The zero-order valence-electron chi connectivity index (χ0n) is 17.0. The van der Waals surface area contributed by atoms with Gasteiger partial charge in [0.15, 0.2) is 0 Å². The summed E-state index contributed by atoms with van der Waals surface area (Å²) in [7, 11) is 0. The average Bonchev–Trinajstić information content (AvgIpc) is 2.96. The predicted molar refractivity (Wildman–Crippen MR) is 112 cm³/mol. The Morgan fingerprint density at radius 2 is 1.56 bits per heavy atom. The number of hydrogen-bond donors (Lipinski definition) is 1. The van der Waals surface area contributed by atoms with E-state index in [-0.39, 0.29) is 16.6 Å². The van der Waals surface area contributed by atoms with E-state index >= 15 is 0 Å². The Morgan fingerprint density at radius 3 is 2.11 bits per heavy atom. The lowest BCUT2D eigenvalue weighted by Crippen LogP contribution is -2.36. The lowest BCUT2D eigenvalue weighted by Gasteiger charge is -2.27. The number of ketones is 1. The van der Waals surface area contributed by atoms with Crippen LogP contribution in [0, 0.1) is 0 Å². The summed E-state index contributed by atoms with van der Waals surface area (Å²) < 4.78 is 3.17. The van der Waals surface area contributed by atoms with Crippen LogP contribution in [-0.2, 0) is 17.4 Å². The first-order valence-electron chi connectivity index (χ1n) is 9.25. The standard InChI is InChI=1S/C23H27NO2S/c1-22(2,3)16-11-15(12-17(21(16)26)23(4,5)6)19(25)13-24-14-27-20-10-8-7-9-18(20)24/h7-12,14H,13H2,1-6H3/p+1. The number of carbonyl (C=O) groups is 1. The minimum Gasteiger partial charge on any atom is -0.507 e. The fraction of sp³-hybridized carbons (Fsp3) is 0.391. The second-order valence-corrected chi connectivity index (χ2v) is 10.0. The van der Waals surface area contributed by atoms with Crippen LogP contribution in [0.15, 0.2) is 41.9 Å². The molecule has 0 amide bonds. The van der Waals surface area contributed by atoms with E-state index in [0.29, 0.717) is 17.9 Å². The number of phenolic OH excluding ortho intramolecular Hbond substituents is 1. The fourth-order valence-corrected chi connectivity index (χ4v) is 4.17. The number of Topliss-reactive ketones (excluding diaryl/α,β-unsaturated/α-hetero) is 1. The van der Waals surface area contributed by atoms with Gasteiger partial charge < -0.3 is 5.11 Å². The van der Waals surface area contributed by atoms with Crippen molar-refractivity contribution in [2.45, 2.75) is 58.9 Å². The van der Waals surface area contributed by atoms with Gasteiger partial charge in [-0.15, -0.1) is 0 Å². The third-order valence-corrected chi connectivity index (χ3v) is 5.80. The van der Waals surface area contributed by atoms with Crippen molar-refractivity contribution in [1.29, 1.82) is 0 Å². The molecule has 0 unspecified atom stereocenters. The molecule has 0 saturated heterocycles. The van der Waals surface area contributed by atoms with Crippen LogP contribution in [0.1, 0.15) is 63.0 Å². The van der Waals surface area contributed by atoms with Crippen LogP contribution in [0.25, 0.3) is 10.2 Å². The molecule has 1 aromatic heterocycles. The monoisotopic (exact) mass is 382 g/mol. The van der Waals surface area contributed by atoms with Gasteiger partial charge in [-0.05, 0) is 29.0 Å². The maximum absolute atomic E-state index is 13.1. The molecular weight excluding hydrogens is 354 g/mol. The third kappa shape index (κ3) is 3.91. The highest BCUT2D eigenvalue weighted by molar-refractivity contribution is 7.16. The van der Waals surface area contributed by atoms with E-state index in [2.05, 4.69) is 47.6 Å². The van der Waals surface area contributed by atoms with Gasteiger partial charge in [-0.1, -0.05) is 65.0 Å². The zero-order valence-corrected chi connectivity index (χ0v) is 17.8. The van der Waals surface area contributed by atoms with Crippen LogP contribution >= 0.6 is 11.3 Å². The molecule has 0 fully saturated rings. The van der Waals surface area contributed by atoms with Crippen molar-refractivity contribution in [2.24, 2.45) is 0 Å². The fourth-order valence-electron chi connectivity index (χ4n) is 3.28. The number of rotatable bonds is 3. The quantitative estimate of drug-likeness (QED) is 0.488. The molecule has 3 rings (SSSR count). The number of para-hydroxylation sites is 1. The topological polar surface area (TPSA) is 41.2 Å². The highest BCUT2D eigenvalue weighted by atomic mass is 32.1. The number of benzene rings is 2. The van der Waals surface area contributed by atoms with Crippen LogP contribution in [0.2, 0.25) is 0 Å². The third-order valence-electron chi connectivity index (χ3n) is 4.84. The average molecular weight is 383 g/mol. The number of aromatic nitrogens is 1. The van der Waals surface area contributed by atoms with Crippen molar-refractivity contribution in [3.63, 3.8) is 0 Å². The van der Waals surface area contributed by atoms with E-state index in [1.807, 2.05) is 40.4 Å². The number of thiazole rings is 1. The van der Waals surface area contributed by atoms with Crippen LogP contribution < -0.4 is 4.57 Å². The molecule has 4 heteroatoms. The molecule has 0 radical (unpaired) electrons. The second-order valence-electron chi connectivity index (χ2n) is 9.16. The van der Waals surface area contributed by atoms with E-state index in [4.69, 9.17) is 0 Å². The van der Waals surface area contributed by atoms with E-state index in [1.165, 1.54) is 4.70 Å². The minimum atomic E-state index is -0.247. The summed E-state index contributed by atoms with van der Waals surface area (Å²) in [5.41, 5.74) is 4.87. The summed E-state index contributed by atoms with van der Waals surface area (Å²) in [6.07, 6.45) is 0. The van der Waals surface area contributed by atoms with E-state index in [1.54, 1.807) is 11.3 Å². The number of carbonyl (C=O) groups excluding carboxylic acids is 1. The molecule has 0 aliphatic carbocycles. The lowest BCUT2D eigenvalue weighted by molar-refractivity contribution is -0.652. The van der Waals surface area contributed by atoms with Crippen molar-refractivity contribution in [3.8, 4) is 5.75 Å². The van der Waals surface area contributed by atoms with Gasteiger partial charge in [-0.3, -0.25) is 4.79 Å². The number of phenols is 1. The van der Waals surface area contributed by atoms with Crippen molar-refractivity contribution < 1.29 is 14.5 Å². The molecule has 0 bridgehead atoms. The Bertz CT molecular complexity index is 968. The molecule has 0 atom stereocenters. The molecule has 142 valence electrons. The first-order chi connectivity index (χ1) is 12.5. The van der Waals surface area contributed by atoms with Crippen LogP contribution in [-0.4, -0.2) is 10.9 Å². The maximum atomic E-state index is 13.1. The summed E-state index contributed by atoms with van der Waals surface area (Å²) >= 11 is 1.64. The Hall–Kier alpha value is -2.20. The molecule has 0 spiro atoms. The largest absolute Gasteiger partial charge is 0.507 e. The summed E-state index contributed by atoms with van der Waals surface area (Å²) in [5, 5.41) is 10.8. The first kappa shape index (κ1) is 19.6. The van der Waals surface area contributed by atoms with Gasteiger partial charge in [0.2, 0.25) is 23.4 Å². The van der Waals surface area contributed by atoms with Gasteiger partial charge in [-0.25, -0.2) is 0 Å². The highest BCUT2D eigenvalue weighted by Gasteiger charge is 2.28. The molecule has 0 aliphatic heterocycles. The van der Waals surface area contributed by atoms with Gasteiger partial charge in [0.05, 0.1) is 0 Å². The van der Waals surface area contributed by atoms with Crippen molar-refractivity contribution in [3.05, 3.63) is 58.6 Å². The molecule has 0 saturated carbocycles. The van der Waals surface area contributed by atoms with E-state index < -0.39 is 0 Å². The Morgan fingerprint density at radius 1 is 1.00 bits per heavy atom.